The lowest BCUT2D eigenvalue weighted by molar-refractivity contribution is 0.325. The molecule has 0 unspecified atom stereocenters. The van der Waals surface area contributed by atoms with E-state index in [1.54, 1.807) is 12.1 Å². The topological polar surface area (TPSA) is 53.5 Å². The highest BCUT2D eigenvalue weighted by Crippen LogP contribution is 2.43. The Bertz CT molecular complexity index is 657. The largest absolute Gasteiger partial charge is 0.493 e. The summed E-state index contributed by atoms with van der Waals surface area (Å²) in [5.41, 5.74) is 0.682. The number of aromatic nitrogens is 2. The third-order valence-electron chi connectivity index (χ3n) is 2.92. The van der Waals surface area contributed by atoms with Crippen LogP contribution in [0.5, 0.6) is 17.2 Å². The van der Waals surface area contributed by atoms with Gasteiger partial charge in [-0.25, -0.2) is 14.4 Å². The third kappa shape index (κ3) is 2.71. The monoisotopic (exact) mass is 312 g/mol. The lowest BCUT2D eigenvalue weighted by Gasteiger charge is -2.15. The van der Waals surface area contributed by atoms with Crippen molar-refractivity contribution in [3.63, 3.8) is 0 Å². The minimum Gasteiger partial charge on any atom is -0.493 e. The van der Waals surface area contributed by atoms with E-state index in [0.717, 1.165) is 0 Å². The summed E-state index contributed by atoms with van der Waals surface area (Å²) < 4.78 is 29.4. The Labute approximate surface area is 126 Å². The number of benzene rings is 1. The summed E-state index contributed by atoms with van der Waals surface area (Å²) in [7, 11) is 4.50. The zero-order valence-electron chi connectivity index (χ0n) is 12.0. The van der Waals surface area contributed by atoms with Crippen molar-refractivity contribution < 1.29 is 18.6 Å². The minimum atomic E-state index is -0.639. The number of hydrogen-bond acceptors (Lipinski definition) is 5. The van der Waals surface area contributed by atoms with Crippen LogP contribution < -0.4 is 14.2 Å². The molecule has 0 atom stereocenters. The van der Waals surface area contributed by atoms with E-state index in [0.29, 0.717) is 22.8 Å². The Morgan fingerprint density at radius 1 is 1.00 bits per heavy atom. The normalized spacial score (nSPS) is 10.4. The highest BCUT2D eigenvalue weighted by molar-refractivity contribution is 6.29. The van der Waals surface area contributed by atoms with Gasteiger partial charge in [-0.3, -0.25) is 0 Å². The van der Waals surface area contributed by atoms with E-state index in [2.05, 4.69) is 9.97 Å². The van der Waals surface area contributed by atoms with Crippen LogP contribution >= 0.6 is 11.6 Å². The standard InChI is InChI=1S/C14H14ClFN2O3/c1-7-10(16)13(15)18-14(17-7)8-5-6-9(19-2)12(21-4)11(8)20-3/h5-6H,1-4H3. The first-order chi connectivity index (χ1) is 10.0. The van der Waals surface area contributed by atoms with Gasteiger partial charge in [-0.05, 0) is 19.1 Å². The average molecular weight is 313 g/mol. The molecule has 0 aliphatic rings. The van der Waals surface area contributed by atoms with Crippen LogP contribution in [0.1, 0.15) is 5.69 Å². The Morgan fingerprint density at radius 3 is 2.19 bits per heavy atom. The molecule has 0 radical (unpaired) electrons. The van der Waals surface area contributed by atoms with E-state index < -0.39 is 5.82 Å². The summed E-state index contributed by atoms with van der Waals surface area (Å²) in [5.74, 6) is 0.901. The Kier molecular flexibility index (Phi) is 4.47. The summed E-state index contributed by atoms with van der Waals surface area (Å²) >= 11 is 5.77. The fourth-order valence-corrected chi connectivity index (χ4v) is 2.14. The molecule has 1 aromatic carbocycles. The number of hydrogen-bond donors (Lipinski definition) is 0. The highest BCUT2D eigenvalue weighted by atomic mass is 35.5. The second-order valence-corrected chi connectivity index (χ2v) is 4.48. The molecular weight excluding hydrogens is 299 g/mol. The molecule has 0 aliphatic carbocycles. The lowest BCUT2D eigenvalue weighted by atomic mass is 10.1. The molecular formula is C14H14ClFN2O3. The molecule has 0 spiro atoms. The van der Waals surface area contributed by atoms with Crippen LogP contribution in [-0.4, -0.2) is 31.3 Å². The Hall–Kier alpha value is -2.08. The van der Waals surface area contributed by atoms with Gasteiger partial charge in [0.2, 0.25) is 5.75 Å². The van der Waals surface area contributed by atoms with Crippen LogP contribution in [0, 0.1) is 12.7 Å². The predicted octanol–water partition coefficient (Wildman–Crippen LogP) is 3.27. The van der Waals surface area contributed by atoms with Gasteiger partial charge in [0.25, 0.3) is 0 Å². The number of rotatable bonds is 4. The van der Waals surface area contributed by atoms with Gasteiger partial charge < -0.3 is 14.2 Å². The minimum absolute atomic E-state index is 0.154. The molecule has 0 N–H and O–H groups in total. The van der Waals surface area contributed by atoms with Crippen LogP contribution in [0.4, 0.5) is 4.39 Å². The van der Waals surface area contributed by atoms with E-state index in [1.165, 1.54) is 28.3 Å². The number of methoxy groups -OCH3 is 3. The van der Waals surface area contributed by atoms with Gasteiger partial charge in [0.1, 0.15) is 0 Å². The van der Waals surface area contributed by atoms with Crippen molar-refractivity contribution >= 4 is 11.6 Å². The fourth-order valence-electron chi connectivity index (χ4n) is 1.92. The van der Waals surface area contributed by atoms with Crippen molar-refractivity contribution in [2.45, 2.75) is 6.92 Å². The molecule has 0 fully saturated rings. The maximum atomic E-state index is 13.5. The average Bonchev–Trinajstić information content (AvgIpc) is 2.50. The van der Waals surface area contributed by atoms with Crippen LogP contribution in [-0.2, 0) is 0 Å². The van der Waals surface area contributed by atoms with Crippen molar-refractivity contribution in [1.82, 2.24) is 9.97 Å². The summed E-state index contributed by atoms with van der Waals surface area (Å²) in [5, 5.41) is -0.241. The van der Waals surface area contributed by atoms with Crippen molar-refractivity contribution in [2.24, 2.45) is 0 Å². The molecule has 0 saturated heterocycles. The third-order valence-corrected chi connectivity index (χ3v) is 3.17. The summed E-state index contributed by atoms with van der Waals surface area (Å²) in [6, 6.07) is 3.38. The molecule has 1 heterocycles. The van der Waals surface area contributed by atoms with Crippen LogP contribution in [0.2, 0.25) is 5.15 Å². The van der Waals surface area contributed by atoms with Crippen molar-refractivity contribution in [2.75, 3.05) is 21.3 Å². The van der Waals surface area contributed by atoms with Crippen LogP contribution in [0.25, 0.3) is 11.4 Å². The second-order valence-electron chi connectivity index (χ2n) is 4.12. The number of halogens is 2. The van der Waals surface area contributed by atoms with Gasteiger partial charge in [0.05, 0.1) is 32.6 Å². The summed E-state index contributed by atoms with van der Waals surface area (Å²) in [6.07, 6.45) is 0. The molecule has 1 aromatic heterocycles. The predicted molar refractivity (Wildman–Crippen MR) is 76.8 cm³/mol. The Morgan fingerprint density at radius 2 is 1.67 bits per heavy atom. The first kappa shape index (κ1) is 15.3. The highest BCUT2D eigenvalue weighted by Gasteiger charge is 2.20. The first-order valence-corrected chi connectivity index (χ1v) is 6.40. The van der Waals surface area contributed by atoms with Gasteiger partial charge >= 0.3 is 0 Å². The van der Waals surface area contributed by atoms with E-state index in [4.69, 9.17) is 25.8 Å². The van der Waals surface area contributed by atoms with Gasteiger partial charge in [0, 0.05) is 0 Å². The van der Waals surface area contributed by atoms with E-state index in [1.807, 2.05) is 0 Å². The fraction of sp³-hybridized carbons (Fsp3) is 0.286. The first-order valence-electron chi connectivity index (χ1n) is 6.02. The van der Waals surface area contributed by atoms with Crippen molar-refractivity contribution in [3.8, 4) is 28.6 Å². The molecule has 0 aliphatic heterocycles. The smallest absolute Gasteiger partial charge is 0.204 e. The van der Waals surface area contributed by atoms with Gasteiger partial charge in [-0.15, -0.1) is 0 Å². The molecule has 2 aromatic rings. The van der Waals surface area contributed by atoms with Gasteiger partial charge in [-0.2, -0.15) is 0 Å². The number of ether oxygens (including phenoxy) is 3. The molecule has 2 rings (SSSR count). The number of aryl methyl sites for hydroxylation is 1. The number of nitrogens with zero attached hydrogens (tertiary/aromatic N) is 2. The SMILES string of the molecule is COc1ccc(-c2nc(C)c(F)c(Cl)n2)c(OC)c1OC. The van der Waals surface area contributed by atoms with Gasteiger partial charge in [-0.1, -0.05) is 11.6 Å². The zero-order valence-corrected chi connectivity index (χ0v) is 12.8. The van der Waals surface area contributed by atoms with Crippen LogP contribution in [0.15, 0.2) is 12.1 Å². The summed E-state index contributed by atoms with van der Waals surface area (Å²) in [4.78, 5) is 8.04. The lowest BCUT2D eigenvalue weighted by Crippen LogP contribution is -2.01. The quantitative estimate of drug-likeness (QED) is 0.811. The molecule has 0 saturated carbocycles. The van der Waals surface area contributed by atoms with Crippen molar-refractivity contribution in [1.29, 1.82) is 0 Å². The van der Waals surface area contributed by atoms with Gasteiger partial charge in [0.15, 0.2) is 28.3 Å². The molecule has 112 valence electrons. The molecule has 0 amide bonds. The van der Waals surface area contributed by atoms with E-state index >= 15 is 0 Å². The zero-order chi connectivity index (χ0) is 15.6. The maximum Gasteiger partial charge on any atom is 0.204 e. The Balaban J connectivity index is 2.69. The van der Waals surface area contributed by atoms with Crippen LogP contribution in [0.3, 0.4) is 0 Å². The molecule has 7 heteroatoms. The molecule has 21 heavy (non-hydrogen) atoms. The second kappa shape index (κ2) is 6.13. The molecule has 0 bridgehead atoms. The van der Waals surface area contributed by atoms with E-state index in [-0.39, 0.29) is 16.7 Å². The molecule has 5 nitrogen and oxygen atoms in total. The maximum absolute atomic E-state index is 13.5. The van der Waals surface area contributed by atoms with Crippen molar-refractivity contribution in [3.05, 3.63) is 28.8 Å². The van der Waals surface area contributed by atoms with E-state index in [9.17, 15) is 4.39 Å². The summed E-state index contributed by atoms with van der Waals surface area (Å²) in [6.45, 7) is 1.51.